The van der Waals surface area contributed by atoms with Crippen LogP contribution in [0, 0.1) is 0 Å². The molecule has 2 aromatic carbocycles. The number of rotatable bonds is 7. The van der Waals surface area contributed by atoms with Gasteiger partial charge >= 0.3 is 6.18 Å². The van der Waals surface area contributed by atoms with Gasteiger partial charge in [0.05, 0.1) is 18.5 Å². The van der Waals surface area contributed by atoms with E-state index >= 15 is 0 Å². The lowest BCUT2D eigenvalue weighted by Crippen LogP contribution is -2.08. The van der Waals surface area contributed by atoms with Gasteiger partial charge in [0.15, 0.2) is 5.69 Å². The van der Waals surface area contributed by atoms with Crippen molar-refractivity contribution in [2.45, 2.75) is 19.0 Å². The number of aryl methyl sites for hydroxylation is 1. The zero-order valence-corrected chi connectivity index (χ0v) is 17.0. The van der Waals surface area contributed by atoms with Crippen LogP contribution in [-0.4, -0.2) is 30.5 Å². The maximum atomic E-state index is 13.3. The quantitative estimate of drug-likeness (QED) is 0.533. The van der Waals surface area contributed by atoms with Crippen molar-refractivity contribution in [1.29, 1.82) is 0 Å². The summed E-state index contributed by atoms with van der Waals surface area (Å²) in [4.78, 5) is 0. The molecule has 0 aliphatic rings. The second-order valence-corrected chi connectivity index (χ2v) is 6.43. The molecule has 0 aliphatic carbocycles. The molecule has 156 valence electrons. The van der Waals surface area contributed by atoms with E-state index in [0.717, 1.165) is 31.0 Å². The maximum absolute atomic E-state index is 13.3. The number of aromatic nitrogens is 2. The zero-order valence-electron chi connectivity index (χ0n) is 16.2. The van der Waals surface area contributed by atoms with E-state index in [1.807, 2.05) is 31.3 Å². The summed E-state index contributed by atoms with van der Waals surface area (Å²) < 4.78 is 46.2. The Morgan fingerprint density at radius 2 is 1.69 bits per heavy atom. The van der Waals surface area contributed by atoms with Crippen LogP contribution in [0.2, 0.25) is 0 Å². The fourth-order valence-corrected chi connectivity index (χ4v) is 2.96. The highest BCUT2D eigenvalue weighted by molar-refractivity contribution is 5.85. The minimum atomic E-state index is -4.51. The highest BCUT2D eigenvalue weighted by Crippen LogP contribution is 2.33. The van der Waals surface area contributed by atoms with Crippen LogP contribution in [0.15, 0.2) is 54.6 Å². The van der Waals surface area contributed by atoms with Gasteiger partial charge in [0.1, 0.15) is 5.75 Å². The summed E-state index contributed by atoms with van der Waals surface area (Å²) in [6, 6.07) is 15.4. The normalized spacial score (nSPS) is 11.2. The van der Waals surface area contributed by atoms with Crippen molar-refractivity contribution in [2.75, 3.05) is 20.7 Å². The third kappa shape index (κ3) is 5.52. The average molecular weight is 426 g/mol. The van der Waals surface area contributed by atoms with Gasteiger partial charge in [0.25, 0.3) is 0 Å². The van der Waals surface area contributed by atoms with Crippen molar-refractivity contribution in [3.8, 4) is 22.7 Å². The number of nitrogens with zero attached hydrogens (tertiary/aromatic N) is 2. The lowest BCUT2D eigenvalue weighted by molar-refractivity contribution is -0.141. The molecule has 0 spiro atoms. The van der Waals surface area contributed by atoms with Crippen molar-refractivity contribution >= 4 is 12.4 Å². The van der Waals surface area contributed by atoms with Crippen molar-refractivity contribution in [3.63, 3.8) is 0 Å². The molecule has 8 heteroatoms. The third-order valence-corrected chi connectivity index (χ3v) is 4.46. The van der Waals surface area contributed by atoms with E-state index < -0.39 is 11.9 Å². The van der Waals surface area contributed by atoms with Gasteiger partial charge in [-0.3, -0.25) is 0 Å². The molecule has 29 heavy (non-hydrogen) atoms. The van der Waals surface area contributed by atoms with Crippen LogP contribution in [-0.2, 0) is 12.6 Å². The summed E-state index contributed by atoms with van der Waals surface area (Å²) in [6.45, 7) is 0.918. The molecule has 0 radical (unpaired) electrons. The number of halogens is 4. The van der Waals surface area contributed by atoms with E-state index in [1.54, 1.807) is 24.3 Å². The van der Waals surface area contributed by atoms with Crippen LogP contribution in [0.4, 0.5) is 13.2 Å². The van der Waals surface area contributed by atoms with Crippen molar-refractivity contribution in [2.24, 2.45) is 0 Å². The van der Waals surface area contributed by atoms with Gasteiger partial charge in [0.2, 0.25) is 0 Å². The molecule has 0 unspecified atom stereocenters. The SMILES string of the molecule is CNCCCc1ccc(-c2cc(C(F)(F)F)nn2-c2ccc(OC)cc2)cc1.Cl. The van der Waals surface area contributed by atoms with Gasteiger partial charge in [-0.1, -0.05) is 24.3 Å². The van der Waals surface area contributed by atoms with E-state index in [2.05, 4.69) is 10.4 Å². The predicted octanol–water partition coefficient (Wildman–Crippen LogP) is 5.14. The minimum Gasteiger partial charge on any atom is -0.497 e. The number of ether oxygens (including phenoxy) is 1. The molecular weight excluding hydrogens is 403 g/mol. The van der Waals surface area contributed by atoms with Crippen LogP contribution in [0.25, 0.3) is 16.9 Å². The van der Waals surface area contributed by atoms with Crippen molar-refractivity contribution in [1.82, 2.24) is 15.1 Å². The second-order valence-electron chi connectivity index (χ2n) is 6.43. The molecule has 0 aliphatic heterocycles. The number of benzene rings is 2. The minimum absolute atomic E-state index is 0. The second kappa shape index (κ2) is 9.80. The number of alkyl halides is 3. The van der Waals surface area contributed by atoms with Crippen LogP contribution in [0.1, 0.15) is 17.7 Å². The summed E-state index contributed by atoms with van der Waals surface area (Å²) in [5, 5.41) is 6.91. The molecule has 0 bridgehead atoms. The number of hydrogen-bond donors (Lipinski definition) is 1. The first-order chi connectivity index (χ1) is 13.4. The molecule has 3 aromatic rings. The zero-order chi connectivity index (χ0) is 20.1. The molecule has 4 nitrogen and oxygen atoms in total. The lowest BCUT2D eigenvalue weighted by Gasteiger charge is -2.09. The van der Waals surface area contributed by atoms with Crippen molar-refractivity contribution in [3.05, 3.63) is 65.9 Å². The molecule has 0 amide bonds. The number of methoxy groups -OCH3 is 1. The highest BCUT2D eigenvalue weighted by atomic mass is 35.5. The summed E-state index contributed by atoms with van der Waals surface area (Å²) in [5.41, 5.74) is 1.82. The van der Waals surface area contributed by atoms with Gasteiger partial charge in [-0.15, -0.1) is 12.4 Å². The molecule has 0 atom stereocenters. The number of hydrogen-bond acceptors (Lipinski definition) is 3. The summed E-state index contributed by atoms with van der Waals surface area (Å²) in [6.07, 6.45) is -2.61. The van der Waals surface area contributed by atoms with Crippen LogP contribution in [0.3, 0.4) is 0 Å². The Hall–Kier alpha value is -2.51. The molecule has 1 N–H and O–H groups in total. The average Bonchev–Trinajstić information content (AvgIpc) is 3.15. The Balaban J connectivity index is 0.00000300. The monoisotopic (exact) mass is 425 g/mol. The maximum Gasteiger partial charge on any atom is 0.435 e. The Kier molecular flexibility index (Phi) is 7.70. The Labute approximate surface area is 174 Å². The Bertz CT molecular complexity index is 906. The lowest BCUT2D eigenvalue weighted by atomic mass is 10.1. The third-order valence-electron chi connectivity index (χ3n) is 4.46. The molecule has 3 rings (SSSR count). The Morgan fingerprint density at radius 3 is 2.24 bits per heavy atom. The highest BCUT2D eigenvalue weighted by Gasteiger charge is 2.35. The molecule has 1 aromatic heterocycles. The first kappa shape index (κ1) is 22.8. The summed E-state index contributed by atoms with van der Waals surface area (Å²) >= 11 is 0. The summed E-state index contributed by atoms with van der Waals surface area (Å²) in [5.74, 6) is 0.624. The first-order valence-corrected chi connectivity index (χ1v) is 8.98. The van der Waals surface area contributed by atoms with E-state index in [4.69, 9.17) is 4.74 Å². The van der Waals surface area contributed by atoms with Crippen LogP contribution in [0.5, 0.6) is 5.75 Å². The number of nitrogens with one attached hydrogen (secondary N) is 1. The molecule has 0 saturated heterocycles. The predicted molar refractivity (Wildman–Crippen MR) is 110 cm³/mol. The van der Waals surface area contributed by atoms with Gasteiger partial charge in [-0.25, -0.2) is 4.68 Å². The standard InChI is InChI=1S/C21H22F3N3O.ClH/c1-25-13-3-4-15-5-7-16(8-6-15)19-14-20(21(22,23)24)26-27(19)17-9-11-18(28-2)12-10-17;/h5-12,14,25H,3-4,13H2,1-2H3;1H. The smallest absolute Gasteiger partial charge is 0.435 e. The van der Waals surface area contributed by atoms with E-state index in [0.29, 0.717) is 22.7 Å². The molecule has 0 saturated carbocycles. The molecule has 1 heterocycles. The van der Waals surface area contributed by atoms with Gasteiger partial charge in [0, 0.05) is 5.56 Å². The fraction of sp³-hybridized carbons (Fsp3) is 0.286. The van der Waals surface area contributed by atoms with Crippen molar-refractivity contribution < 1.29 is 17.9 Å². The fourth-order valence-electron chi connectivity index (χ4n) is 2.96. The van der Waals surface area contributed by atoms with Crippen LogP contribution >= 0.6 is 12.4 Å². The topological polar surface area (TPSA) is 39.1 Å². The van der Waals surface area contributed by atoms with E-state index in [9.17, 15) is 13.2 Å². The largest absolute Gasteiger partial charge is 0.497 e. The van der Waals surface area contributed by atoms with Crippen LogP contribution < -0.4 is 10.1 Å². The van der Waals surface area contributed by atoms with Gasteiger partial charge in [-0.05, 0) is 62.3 Å². The van der Waals surface area contributed by atoms with E-state index in [-0.39, 0.29) is 12.4 Å². The van der Waals surface area contributed by atoms with Gasteiger partial charge in [-0.2, -0.15) is 18.3 Å². The summed E-state index contributed by atoms with van der Waals surface area (Å²) in [7, 11) is 3.44. The Morgan fingerprint density at radius 1 is 1.03 bits per heavy atom. The molecular formula is C21H23ClF3N3O. The first-order valence-electron chi connectivity index (χ1n) is 8.98. The van der Waals surface area contributed by atoms with Gasteiger partial charge < -0.3 is 10.1 Å². The van der Waals surface area contributed by atoms with E-state index in [1.165, 1.54) is 11.8 Å². The molecule has 0 fully saturated rings.